The van der Waals surface area contributed by atoms with Crippen molar-refractivity contribution in [2.75, 3.05) is 7.11 Å². The summed E-state index contributed by atoms with van der Waals surface area (Å²) in [6, 6.07) is 4.73. The fraction of sp³-hybridized carbons (Fsp3) is 0.462. The first-order chi connectivity index (χ1) is 7.72. The van der Waals surface area contributed by atoms with Gasteiger partial charge in [0.05, 0.1) is 12.7 Å². The lowest BCUT2D eigenvalue weighted by Crippen LogP contribution is -2.04. The van der Waals surface area contributed by atoms with Crippen LogP contribution in [0.15, 0.2) is 18.2 Å². The van der Waals surface area contributed by atoms with Crippen LogP contribution in [0.1, 0.15) is 48.5 Å². The lowest BCUT2D eigenvalue weighted by Gasteiger charge is -2.03. The number of rotatable bonds is 2. The predicted molar refractivity (Wildman–Crippen MR) is 61.1 cm³/mol. The van der Waals surface area contributed by atoms with Gasteiger partial charge in [0.2, 0.25) is 0 Å². The topological polar surface area (TPSA) is 26.3 Å². The summed E-state index contributed by atoms with van der Waals surface area (Å²) in [5.41, 5.74) is 0.993. The van der Waals surface area contributed by atoms with Crippen molar-refractivity contribution in [2.45, 2.75) is 32.6 Å². The van der Waals surface area contributed by atoms with E-state index in [1.807, 2.05) is 13.8 Å². The van der Waals surface area contributed by atoms with Gasteiger partial charge in [0.25, 0.3) is 0 Å². The van der Waals surface area contributed by atoms with E-state index in [4.69, 9.17) is 0 Å². The molecule has 2 nitrogen and oxygen atoms in total. The fourth-order valence-corrected chi connectivity index (χ4v) is 1.48. The molecule has 0 spiro atoms. The Morgan fingerprint density at radius 3 is 2.44 bits per heavy atom. The van der Waals surface area contributed by atoms with Crippen LogP contribution < -0.4 is 0 Å². The summed E-state index contributed by atoms with van der Waals surface area (Å²) in [6.07, 6.45) is 2.24. The SMILES string of the molecule is CC.COC(=O)c1ccc(C2CC2)cc1F. The smallest absolute Gasteiger partial charge is 0.340 e. The number of hydrogen-bond donors (Lipinski definition) is 0. The fourth-order valence-electron chi connectivity index (χ4n) is 1.48. The lowest BCUT2D eigenvalue weighted by atomic mass is 10.1. The molecule has 0 aliphatic heterocycles. The Morgan fingerprint density at radius 1 is 1.38 bits per heavy atom. The summed E-state index contributed by atoms with van der Waals surface area (Å²) in [5.74, 6) is -0.609. The molecular formula is C13H17FO2. The third-order valence-electron chi connectivity index (χ3n) is 2.45. The molecule has 0 radical (unpaired) electrons. The summed E-state index contributed by atoms with van der Waals surface area (Å²) in [4.78, 5) is 11.1. The van der Waals surface area contributed by atoms with Crippen LogP contribution in [0, 0.1) is 5.82 Å². The number of benzene rings is 1. The molecule has 0 N–H and O–H groups in total. The molecule has 1 aliphatic rings. The highest BCUT2D eigenvalue weighted by Gasteiger charge is 2.25. The van der Waals surface area contributed by atoms with Gasteiger partial charge in [-0.25, -0.2) is 9.18 Å². The monoisotopic (exact) mass is 224 g/mol. The highest BCUT2D eigenvalue weighted by Crippen LogP contribution is 2.40. The minimum Gasteiger partial charge on any atom is -0.465 e. The van der Waals surface area contributed by atoms with Crippen molar-refractivity contribution in [3.8, 4) is 0 Å². The van der Waals surface area contributed by atoms with Gasteiger partial charge >= 0.3 is 5.97 Å². The molecule has 0 aromatic heterocycles. The molecule has 1 aromatic carbocycles. The maximum atomic E-state index is 13.4. The summed E-state index contributed by atoms with van der Waals surface area (Å²) in [5, 5.41) is 0. The summed E-state index contributed by atoms with van der Waals surface area (Å²) < 4.78 is 17.8. The minimum atomic E-state index is -0.621. The van der Waals surface area contributed by atoms with Crippen molar-refractivity contribution in [2.24, 2.45) is 0 Å². The van der Waals surface area contributed by atoms with Crippen LogP contribution in [0.5, 0.6) is 0 Å². The zero-order valence-corrected chi connectivity index (χ0v) is 9.92. The zero-order valence-electron chi connectivity index (χ0n) is 9.92. The Hall–Kier alpha value is -1.38. The number of carbonyl (C=O) groups is 1. The molecule has 16 heavy (non-hydrogen) atoms. The number of methoxy groups -OCH3 is 1. The van der Waals surface area contributed by atoms with Gasteiger partial charge in [-0.05, 0) is 36.5 Å². The van der Waals surface area contributed by atoms with Crippen molar-refractivity contribution in [3.05, 3.63) is 35.1 Å². The zero-order chi connectivity index (χ0) is 12.1. The van der Waals surface area contributed by atoms with E-state index in [2.05, 4.69) is 4.74 Å². The van der Waals surface area contributed by atoms with Crippen LogP contribution in [-0.4, -0.2) is 13.1 Å². The van der Waals surface area contributed by atoms with Crippen LogP contribution in [0.3, 0.4) is 0 Å². The maximum absolute atomic E-state index is 13.4. The van der Waals surface area contributed by atoms with Crippen LogP contribution >= 0.6 is 0 Å². The van der Waals surface area contributed by atoms with E-state index >= 15 is 0 Å². The predicted octanol–water partition coefficient (Wildman–Crippen LogP) is 3.52. The van der Waals surface area contributed by atoms with Crippen molar-refractivity contribution in [1.82, 2.24) is 0 Å². The molecule has 0 bridgehead atoms. The van der Waals surface area contributed by atoms with Gasteiger partial charge in [0.1, 0.15) is 5.82 Å². The normalized spacial score (nSPS) is 13.8. The molecule has 2 rings (SSSR count). The van der Waals surface area contributed by atoms with E-state index in [0.29, 0.717) is 5.92 Å². The third kappa shape index (κ3) is 2.81. The molecule has 0 unspecified atom stereocenters. The van der Waals surface area contributed by atoms with Crippen LogP contribution in [0.25, 0.3) is 0 Å². The molecular weight excluding hydrogens is 207 g/mol. The first kappa shape index (κ1) is 12.7. The molecule has 1 aromatic rings. The second-order valence-electron chi connectivity index (χ2n) is 3.51. The first-order valence-electron chi connectivity index (χ1n) is 5.60. The summed E-state index contributed by atoms with van der Waals surface area (Å²) >= 11 is 0. The first-order valence-corrected chi connectivity index (χ1v) is 5.60. The highest BCUT2D eigenvalue weighted by molar-refractivity contribution is 5.89. The highest BCUT2D eigenvalue weighted by atomic mass is 19.1. The van der Waals surface area contributed by atoms with Crippen LogP contribution in [-0.2, 0) is 4.74 Å². The molecule has 1 saturated carbocycles. The Morgan fingerprint density at radius 2 is 2.00 bits per heavy atom. The third-order valence-corrected chi connectivity index (χ3v) is 2.45. The Balaban J connectivity index is 0.000000606. The van der Waals surface area contributed by atoms with E-state index in [1.54, 1.807) is 6.07 Å². The number of hydrogen-bond acceptors (Lipinski definition) is 2. The Kier molecular flexibility index (Phi) is 4.47. The number of esters is 1. The molecule has 0 amide bonds. The van der Waals surface area contributed by atoms with E-state index in [-0.39, 0.29) is 5.56 Å². The van der Waals surface area contributed by atoms with Crippen molar-refractivity contribution < 1.29 is 13.9 Å². The number of carbonyl (C=O) groups excluding carboxylic acids is 1. The van der Waals surface area contributed by atoms with Gasteiger partial charge in [0, 0.05) is 0 Å². The van der Waals surface area contributed by atoms with E-state index in [1.165, 1.54) is 19.2 Å². The molecule has 3 heteroatoms. The maximum Gasteiger partial charge on any atom is 0.340 e. The van der Waals surface area contributed by atoms with E-state index in [9.17, 15) is 9.18 Å². The molecule has 1 fully saturated rings. The summed E-state index contributed by atoms with van der Waals surface area (Å²) in [6.45, 7) is 4.00. The Bertz CT molecular complexity index is 370. The van der Waals surface area contributed by atoms with E-state index in [0.717, 1.165) is 18.4 Å². The number of halogens is 1. The van der Waals surface area contributed by atoms with Gasteiger partial charge in [-0.3, -0.25) is 0 Å². The largest absolute Gasteiger partial charge is 0.465 e. The molecule has 0 heterocycles. The van der Waals surface area contributed by atoms with Gasteiger partial charge in [0.15, 0.2) is 0 Å². The second kappa shape index (κ2) is 5.64. The lowest BCUT2D eigenvalue weighted by molar-refractivity contribution is 0.0595. The molecule has 1 aliphatic carbocycles. The van der Waals surface area contributed by atoms with Crippen LogP contribution in [0.4, 0.5) is 4.39 Å². The van der Waals surface area contributed by atoms with Gasteiger partial charge in [-0.15, -0.1) is 0 Å². The number of ether oxygens (including phenoxy) is 1. The van der Waals surface area contributed by atoms with Crippen molar-refractivity contribution in [1.29, 1.82) is 0 Å². The van der Waals surface area contributed by atoms with Gasteiger partial charge < -0.3 is 4.74 Å². The molecule has 88 valence electrons. The average Bonchev–Trinajstić information content (AvgIpc) is 3.14. The van der Waals surface area contributed by atoms with Crippen molar-refractivity contribution >= 4 is 5.97 Å². The second-order valence-corrected chi connectivity index (χ2v) is 3.51. The summed E-state index contributed by atoms with van der Waals surface area (Å²) in [7, 11) is 1.25. The quantitative estimate of drug-likeness (QED) is 0.718. The Labute approximate surface area is 95.4 Å². The van der Waals surface area contributed by atoms with Crippen LogP contribution in [0.2, 0.25) is 0 Å². The minimum absolute atomic E-state index is 0.0110. The van der Waals surface area contributed by atoms with Gasteiger partial charge in [-0.2, -0.15) is 0 Å². The van der Waals surface area contributed by atoms with Gasteiger partial charge in [-0.1, -0.05) is 19.9 Å². The van der Waals surface area contributed by atoms with E-state index < -0.39 is 11.8 Å². The average molecular weight is 224 g/mol. The molecule has 0 atom stereocenters. The molecule has 0 saturated heterocycles. The van der Waals surface area contributed by atoms with Crippen molar-refractivity contribution in [3.63, 3.8) is 0 Å². The standard InChI is InChI=1S/C11H11FO2.C2H6/c1-14-11(13)9-5-4-8(6-10(9)12)7-2-3-7;1-2/h4-7H,2-3H2,1H3;1-2H3.